The van der Waals surface area contributed by atoms with Crippen molar-refractivity contribution in [3.8, 4) is 0 Å². The van der Waals surface area contributed by atoms with Crippen LogP contribution >= 0.6 is 11.3 Å². The van der Waals surface area contributed by atoms with E-state index in [0.717, 1.165) is 21.7 Å². The summed E-state index contributed by atoms with van der Waals surface area (Å²) in [6, 6.07) is 6.28. The maximum Gasteiger partial charge on any atom is 0.265 e. The molecule has 1 heterocycles. The summed E-state index contributed by atoms with van der Waals surface area (Å²) in [7, 11) is -3.72. The zero-order valence-corrected chi connectivity index (χ0v) is 12.6. The third kappa shape index (κ3) is 2.94. The quantitative estimate of drug-likeness (QED) is 0.912. The molecule has 1 saturated carbocycles. The van der Waals surface area contributed by atoms with E-state index in [-0.39, 0.29) is 4.34 Å². The molecule has 0 saturated heterocycles. The number of hydrogen-bond donors (Lipinski definition) is 2. The molecule has 0 spiro atoms. The van der Waals surface area contributed by atoms with Gasteiger partial charge in [-0.3, -0.25) is 0 Å². The molecule has 5 nitrogen and oxygen atoms in total. The number of aromatic nitrogens is 1. The molecule has 3 N–H and O–H groups in total. The number of hydrogen-bond acceptors (Lipinski definition) is 5. The second kappa shape index (κ2) is 5.31. The fraction of sp³-hybridized carbons (Fsp3) is 0.462. The summed E-state index contributed by atoms with van der Waals surface area (Å²) < 4.78 is 23.4. The van der Waals surface area contributed by atoms with Crippen LogP contribution in [0.1, 0.15) is 32.1 Å². The normalized spacial score (nSPS) is 17.4. The van der Waals surface area contributed by atoms with Gasteiger partial charge in [0.25, 0.3) is 10.0 Å². The van der Waals surface area contributed by atoms with Gasteiger partial charge in [0.05, 0.1) is 10.2 Å². The Labute approximate surface area is 122 Å². The first kappa shape index (κ1) is 13.8. The Hall–Kier alpha value is -1.18. The molecule has 1 aromatic heterocycles. The number of thiazole rings is 1. The van der Waals surface area contributed by atoms with Crippen LogP contribution in [0, 0.1) is 0 Å². The Kier molecular flexibility index (Phi) is 3.66. The predicted molar refractivity (Wildman–Crippen MR) is 81.5 cm³/mol. The third-order valence-electron chi connectivity index (χ3n) is 3.59. The molecule has 0 aliphatic heterocycles. The van der Waals surface area contributed by atoms with Crippen molar-refractivity contribution in [2.45, 2.75) is 42.5 Å². The highest BCUT2D eigenvalue weighted by molar-refractivity contribution is 7.91. The van der Waals surface area contributed by atoms with Gasteiger partial charge in [-0.05, 0) is 31.0 Å². The highest BCUT2D eigenvalue weighted by Crippen LogP contribution is 2.28. The van der Waals surface area contributed by atoms with Crippen LogP contribution in [0.5, 0.6) is 0 Å². The topological polar surface area (TPSA) is 85.1 Å². The molecular weight excluding hydrogens is 294 g/mol. The van der Waals surface area contributed by atoms with Crippen molar-refractivity contribution < 1.29 is 8.42 Å². The molecule has 7 heteroatoms. The summed E-state index contributed by atoms with van der Waals surface area (Å²) in [5.74, 6) is 0. The number of nitrogens with one attached hydrogen (secondary N) is 1. The van der Waals surface area contributed by atoms with Crippen LogP contribution < -0.4 is 10.5 Å². The summed E-state index contributed by atoms with van der Waals surface area (Å²) >= 11 is 1.11. The molecule has 0 unspecified atom stereocenters. The Bertz CT molecular complexity index is 718. The molecule has 108 valence electrons. The van der Waals surface area contributed by atoms with Crippen LogP contribution in [0.3, 0.4) is 0 Å². The maximum absolute atomic E-state index is 11.3. The first-order valence-corrected chi connectivity index (χ1v) is 9.08. The Morgan fingerprint density at radius 2 is 2.00 bits per heavy atom. The molecule has 0 bridgehead atoms. The average Bonchev–Trinajstić information content (AvgIpc) is 2.83. The van der Waals surface area contributed by atoms with Crippen LogP contribution in [0.2, 0.25) is 0 Å². The molecule has 0 radical (unpaired) electrons. The summed E-state index contributed by atoms with van der Waals surface area (Å²) in [5.41, 5.74) is 1.68. The number of anilines is 1. The van der Waals surface area contributed by atoms with Crippen molar-refractivity contribution in [2.24, 2.45) is 5.14 Å². The van der Waals surface area contributed by atoms with E-state index in [4.69, 9.17) is 5.14 Å². The van der Waals surface area contributed by atoms with Crippen molar-refractivity contribution in [2.75, 3.05) is 5.32 Å². The fourth-order valence-electron chi connectivity index (χ4n) is 2.60. The number of benzene rings is 1. The van der Waals surface area contributed by atoms with E-state index >= 15 is 0 Å². The molecule has 20 heavy (non-hydrogen) atoms. The van der Waals surface area contributed by atoms with E-state index < -0.39 is 10.0 Å². The lowest BCUT2D eigenvalue weighted by Crippen LogP contribution is -2.22. The first-order valence-electron chi connectivity index (χ1n) is 6.72. The molecule has 1 fully saturated rings. The van der Waals surface area contributed by atoms with Crippen molar-refractivity contribution in [3.63, 3.8) is 0 Å². The largest absolute Gasteiger partial charge is 0.382 e. The standard InChI is InChI=1S/C13H17N3O2S2/c14-20(17,18)13-16-11-8-10(6-7-12(11)19-13)15-9-4-2-1-3-5-9/h6-9,15H,1-5H2,(H2,14,17,18). The molecule has 2 aromatic rings. The molecule has 1 aliphatic carbocycles. The van der Waals surface area contributed by atoms with E-state index in [9.17, 15) is 8.42 Å². The monoisotopic (exact) mass is 311 g/mol. The summed E-state index contributed by atoms with van der Waals surface area (Å²) in [6.45, 7) is 0. The van der Waals surface area contributed by atoms with E-state index in [1.54, 1.807) is 0 Å². The lowest BCUT2D eigenvalue weighted by molar-refractivity contribution is 0.463. The van der Waals surface area contributed by atoms with Crippen LogP contribution in [0.15, 0.2) is 22.5 Å². The number of rotatable bonds is 3. The molecular formula is C13H17N3O2S2. The van der Waals surface area contributed by atoms with Gasteiger partial charge >= 0.3 is 0 Å². The van der Waals surface area contributed by atoms with Gasteiger partial charge in [-0.25, -0.2) is 18.5 Å². The number of nitrogens with zero attached hydrogens (tertiary/aromatic N) is 1. The first-order chi connectivity index (χ1) is 9.52. The van der Waals surface area contributed by atoms with Crippen LogP contribution in [-0.2, 0) is 10.0 Å². The minimum Gasteiger partial charge on any atom is -0.382 e. The van der Waals surface area contributed by atoms with Gasteiger partial charge in [-0.1, -0.05) is 19.3 Å². The maximum atomic E-state index is 11.3. The Balaban J connectivity index is 1.86. The lowest BCUT2D eigenvalue weighted by Gasteiger charge is -2.23. The SMILES string of the molecule is NS(=O)(=O)c1nc2cc(NC3CCCCC3)ccc2s1. The van der Waals surface area contributed by atoms with E-state index in [1.165, 1.54) is 32.1 Å². The zero-order chi connectivity index (χ0) is 14.2. The van der Waals surface area contributed by atoms with E-state index in [1.807, 2.05) is 18.2 Å². The molecule has 3 rings (SSSR count). The van der Waals surface area contributed by atoms with Crippen molar-refractivity contribution in [1.29, 1.82) is 0 Å². The highest BCUT2D eigenvalue weighted by atomic mass is 32.2. The van der Waals surface area contributed by atoms with Gasteiger partial charge in [0, 0.05) is 11.7 Å². The number of primary sulfonamides is 1. The molecule has 1 aromatic carbocycles. The van der Waals surface area contributed by atoms with Crippen molar-refractivity contribution in [3.05, 3.63) is 18.2 Å². The minimum absolute atomic E-state index is 0.0256. The van der Waals surface area contributed by atoms with Gasteiger partial charge in [0.2, 0.25) is 4.34 Å². The molecule has 1 aliphatic rings. The van der Waals surface area contributed by atoms with E-state index in [2.05, 4.69) is 10.3 Å². The highest BCUT2D eigenvalue weighted by Gasteiger charge is 2.16. The molecule has 0 atom stereocenters. The summed E-state index contributed by atoms with van der Waals surface area (Å²) in [5, 5.41) is 8.62. The number of fused-ring (bicyclic) bond motifs is 1. The minimum atomic E-state index is -3.72. The zero-order valence-electron chi connectivity index (χ0n) is 11.0. The Morgan fingerprint density at radius 3 is 2.70 bits per heavy atom. The van der Waals surface area contributed by atoms with Gasteiger partial charge < -0.3 is 5.32 Å². The number of sulfonamides is 1. The van der Waals surface area contributed by atoms with Gasteiger partial charge in [0.1, 0.15) is 0 Å². The fourth-order valence-corrected chi connectivity index (χ4v) is 4.24. The van der Waals surface area contributed by atoms with Gasteiger partial charge in [0.15, 0.2) is 0 Å². The second-order valence-electron chi connectivity index (χ2n) is 5.19. The van der Waals surface area contributed by atoms with Crippen LogP contribution in [0.4, 0.5) is 5.69 Å². The number of nitrogens with two attached hydrogens (primary N) is 1. The van der Waals surface area contributed by atoms with E-state index in [0.29, 0.717) is 11.6 Å². The average molecular weight is 311 g/mol. The second-order valence-corrected chi connectivity index (χ2v) is 7.95. The smallest absolute Gasteiger partial charge is 0.265 e. The van der Waals surface area contributed by atoms with Crippen LogP contribution in [0.25, 0.3) is 10.2 Å². The van der Waals surface area contributed by atoms with Gasteiger partial charge in [-0.15, -0.1) is 11.3 Å². The lowest BCUT2D eigenvalue weighted by atomic mass is 9.95. The summed E-state index contributed by atoms with van der Waals surface area (Å²) in [4.78, 5) is 4.10. The third-order valence-corrected chi connectivity index (χ3v) is 5.94. The van der Waals surface area contributed by atoms with Crippen molar-refractivity contribution >= 4 is 37.3 Å². The van der Waals surface area contributed by atoms with Crippen LogP contribution in [-0.4, -0.2) is 19.4 Å². The molecule has 0 amide bonds. The van der Waals surface area contributed by atoms with Gasteiger partial charge in [-0.2, -0.15) is 0 Å². The predicted octanol–water partition coefficient (Wildman–Crippen LogP) is 2.69. The summed E-state index contributed by atoms with van der Waals surface area (Å²) in [6.07, 6.45) is 6.24. The Morgan fingerprint density at radius 1 is 1.25 bits per heavy atom. The van der Waals surface area contributed by atoms with Crippen molar-refractivity contribution in [1.82, 2.24) is 4.98 Å².